The summed E-state index contributed by atoms with van der Waals surface area (Å²) in [4.78, 5) is 25.7. The van der Waals surface area contributed by atoms with Crippen molar-refractivity contribution in [1.82, 2.24) is 14.9 Å². The lowest BCUT2D eigenvalue weighted by Gasteiger charge is -2.27. The fourth-order valence-electron chi connectivity index (χ4n) is 3.52. The van der Waals surface area contributed by atoms with Gasteiger partial charge in [-0.2, -0.15) is 13.2 Å². The van der Waals surface area contributed by atoms with Crippen LogP contribution in [-0.4, -0.2) is 45.2 Å². The Morgan fingerprint density at radius 2 is 1.86 bits per heavy atom. The van der Waals surface area contributed by atoms with Crippen LogP contribution in [0, 0.1) is 5.92 Å². The Morgan fingerprint density at radius 3 is 2.40 bits per heavy atom. The van der Waals surface area contributed by atoms with Gasteiger partial charge in [-0.3, -0.25) is 9.79 Å². The van der Waals surface area contributed by atoms with E-state index in [2.05, 4.69) is 40.1 Å². The van der Waals surface area contributed by atoms with E-state index in [0.29, 0.717) is 13.0 Å². The number of hydrogen-bond acceptors (Lipinski definition) is 7. The molecule has 1 aliphatic rings. The van der Waals surface area contributed by atoms with Gasteiger partial charge in [0.2, 0.25) is 11.7 Å². The number of benzene rings is 1. The molecule has 0 aliphatic carbocycles. The molecule has 3 aromatic rings. The minimum absolute atomic E-state index is 0.213. The molecule has 4 rings (SSSR count). The van der Waals surface area contributed by atoms with Gasteiger partial charge in [0.05, 0.1) is 12.2 Å². The molecule has 1 aliphatic heterocycles. The van der Waals surface area contributed by atoms with Gasteiger partial charge >= 0.3 is 6.18 Å². The van der Waals surface area contributed by atoms with Crippen molar-refractivity contribution in [2.75, 3.05) is 13.1 Å². The second-order valence-electron chi connectivity index (χ2n) is 10.8. The standard InChI is InChI=1S/C17H23F2N3O3.C8H4F3NO.C5H12/c1-5-7-20-11-9-22(8-6-10(11)2)15(23)13-12(14(18)19)21-16(25-13)17(3,4)24;9-8(10,11)5-2-1-3-6-7(5)13-4-12-6;1-4-5(2)3/h7,14,24H,5-6,8-9H2,1-4H3;1-4H;5H,4H2,1-3H3. The maximum absolute atomic E-state index is 13.3. The van der Waals surface area contributed by atoms with Gasteiger partial charge in [-0.15, -0.1) is 0 Å². The Hall–Kier alpha value is -3.61. The smallest absolute Gasteiger partial charge is 0.420 e. The normalized spacial score (nSPS) is 14.3. The monoisotopic (exact) mass is 614 g/mol. The first-order valence-electron chi connectivity index (χ1n) is 13.9. The predicted molar refractivity (Wildman–Crippen MR) is 153 cm³/mol. The second-order valence-corrected chi connectivity index (χ2v) is 10.8. The lowest BCUT2D eigenvalue weighted by molar-refractivity contribution is -0.136. The van der Waals surface area contributed by atoms with Gasteiger partial charge in [-0.25, -0.2) is 18.7 Å². The van der Waals surface area contributed by atoms with Crippen LogP contribution in [-0.2, 0) is 11.8 Å². The van der Waals surface area contributed by atoms with E-state index < -0.39 is 41.1 Å². The van der Waals surface area contributed by atoms with Crippen LogP contribution in [0.25, 0.3) is 11.1 Å². The summed E-state index contributed by atoms with van der Waals surface area (Å²) in [5.74, 6) is -0.616. The number of para-hydroxylation sites is 1. The molecule has 0 radical (unpaired) electrons. The molecule has 0 unspecified atom stereocenters. The molecule has 1 amide bonds. The van der Waals surface area contributed by atoms with Gasteiger partial charge in [0.1, 0.15) is 16.7 Å². The van der Waals surface area contributed by atoms with Crippen LogP contribution in [0.15, 0.2) is 49.7 Å². The number of rotatable bonds is 6. The van der Waals surface area contributed by atoms with Crippen LogP contribution in [0.2, 0.25) is 0 Å². The fraction of sp³-hybridized carbons (Fsp3) is 0.533. The number of amides is 1. The highest BCUT2D eigenvalue weighted by molar-refractivity contribution is 5.93. The molecule has 0 saturated carbocycles. The highest BCUT2D eigenvalue weighted by atomic mass is 19.4. The zero-order valence-electron chi connectivity index (χ0n) is 25.4. The van der Waals surface area contributed by atoms with E-state index in [9.17, 15) is 31.9 Å². The second kappa shape index (κ2) is 15.2. The van der Waals surface area contributed by atoms with Crippen LogP contribution in [0.1, 0.15) is 102 Å². The number of halogens is 5. The van der Waals surface area contributed by atoms with Gasteiger partial charge in [-0.05, 0) is 57.2 Å². The Kier molecular flexibility index (Phi) is 12.6. The van der Waals surface area contributed by atoms with Crippen LogP contribution in [0.5, 0.6) is 0 Å². The highest BCUT2D eigenvalue weighted by Crippen LogP contribution is 2.34. The number of carbonyl (C=O) groups excluding carboxylic acids is 1. The Morgan fingerprint density at radius 1 is 1.21 bits per heavy atom. The molecule has 0 bridgehead atoms. The van der Waals surface area contributed by atoms with Crippen LogP contribution >= 0.6 is 0 Å². The summed E-state index contributed by atoms with van der Waals surface area (Å²) in [5.41, 5.74) is -1.27. The van der Waals surface area contributed by atoms with E-state index in [4.69, 9.17) is 4.42 Å². The molecule has 2 aromatic heterocycles. The number of fused-ring (bicyclic) bond motifs is 1. The molecule has 0 saturated heterocycles. The van der Waals surface area contributed by atoms with Crippen molar-refractivity contribution in [2.45, 2.75) is 85.9 Å². The number of hydrogen-bond donors (Lipinski definition) is 1. The lowest BCUT2D eigenvalue weighted by Crippen LogP contribution is -2.37. The van der Waals surface area contributed by atoms with Crippen LogP contribution in [0.4, 0.5) is 22.0 Å². The first kappa shape index (κ1) is 35.6. The van der Waals surface area contributed by atoms with E-state index in [-0.39, 0.29) is 23.5 Å². The maximum Gasteiger partial charge on any atom is 0.420 e. The summed E-state index contributed by atoms with van der Waals surface area (Å²) < 4.78 is 73.3. The highest BCUT2D eigenvalue weighted by Gasteiger charge is 2.35. The molecule has 3 heterocycles. The first-order chi connectivity index (χ1) is 20.0. The van der Waals surface area contributed by atoms with Crippen molar-refractivity contribution in [2.24, 2.45) is 10.9 Å². The Bertz CT molecular complexity index is 1400. The van der Waals surface area contributed by atoms with Crippen molar-refractivity contribution < 1.29 is 40.7 Å². The third-order valence-electron chi connectivity index (χ3n) is 6.36. The summed E-state index contributed by atoms with van der Waals surface area (Å²) in [6.07, 6.45) is -1.94. The molecule has 8 nitrogen and oxygen atoms in total. The van der Waals surface area contributed by atoms with Gasteiger partial charge in [-0.1, -0.05) is 40.2 Å². The molecular weight excluding hydrogens is 575 g/mol. The summed E-state index contributed by atoms with van der Waals surface area (Å²) in [5, 5.41) is 9.92. The zero-order chi connectivity index (χ0) is 32.5. The molecule has 0 fully saturated rings. The maximum atomic E-state index is 13.3. The summed E-state index contributed by atoms with van der Waals surface area (Å²) in [6, 6.07) is 3.73. The molecule has 13 heteroatoms. The zero-order valence-corrected chi connectivity index (χ0v) is 25.4. The number of nitrogens with zero attached hydrogens (tertiary/aromatic N) is 4. The van der Waals surface area contributed by atoms with Crippen LogP contribution < -0.4 is 0 Å². The number of oxazole rings is 2. The number of aromatic nitrogens is 2. The number of carbonyl (C=O) groups is 1. The number of aliphatic hydroxyl groups is 1. The van der Waals surface area contributed by atoms with Crippen molar-refractivity contribution >= 4 is 23.2 Å². The van der Waals surface area contributed by atoms with E-state index in [0.717, 1.165) is 36.1 Å². The largest absolute Gasteiger partial charge is 0.443 e. The number of aliphatic imine (C=N–C) groups is 1. The molecule has 43 heavy (non-hydrogen) atoms. The van der Waals surface area contributed by atoms with E-state index in [1.54, 1.807) is 6.21 Å². The minimum atomic E-state index is -4.39. The molecule has 1 N–H and O–H groups in total. The lowest BCUT2D eigenvalue weighted by atomic mass is 10.1. The quantitative estimate of drug-likeness (QED) is 0.221. The van der Waals surface area contributed by atoms with Gasteiger partial charge < -0.3 is 18.8 Å². The van der Waals surface area contributed by atoms with E-state index in [1.165, 1.54) is 37.3 Å². The molecule has 1 aromatic carbocycles. The molecule has 238 valence electrons. The Balaban J connectivity index is 0.000000296. The molecule has 0 spiro atoms. The third kappa shape index (κ3) is 9.97. The third-order valence-corrected chi connectivity index (χ3v) is 6.36. The molecular formula is C30H39F5N4O4. The van der Waals surface area contributed by atoms with Crippen molar-refractivity contribution in [3.63, 3.8) is 0 Å². The first-order valence-corrected chi connectivity index (χ1v) is 13.9. The number of alkyl halides is 5. The van der Waals surface area contributed by atoms with Crippen molar-refractivity contribution in [3.05, 3.63) is 58.8 Å². The summed E-state index contributed by atoms with van der Waals surface area (Å²) in [6.45, 7) is 13.9. The summed E-state index contributed by atoms with van der Waals surface area (Å²) >= 11 is 0. The average Bonchev–Trinajstić information content (AvgIpc) is 3.60. The van der Waals surface area contributed by atoms with E-state index >= 15 is 0 Å². The fourth-order valence-corrected chi connectivity index (χ4v) is 3.52. The average molecular weight is 615 g/mol. The Labute approximate surface area is 247 Å². The van der Waals surface area contributed by atoms with Gasteiger partial charge in [0.25, 0.3) is 12.3 Å². The van der Waals surface area contributed by atoms with Gasteiger partial charge in [0.15, 0.2) is 17.7 Å². The van der Waals surface area contributed by atoms with Crippen molar-refractivity contribution in [3.8, 4) is 0 Å². The van der Waals surface area contributed by atoms with Gasteiger partial charge in [0, 0.05) is 12.8 Å². The predicted octanol–water partition coefficient (Wildman–Crippen LogP) is 8.34. The molecule has 0 atom stereocenters. The van der Waals surface area contributed by atoms with E-state index in [1.807, 2.05) is 13.8 Å². The van der Waals surface area contributed by atoms with Crippen molar-refractivity contribution in [1.29, 1.82) is 0 Å². The topological polar surface area (TPSA) is 105 Å². The SMILES string of the molecule is CCC(C)C.CCC=NC1=C(C)CCN(C(=O)c2oc(C(C)(C)O)nc2C(F)F)C1.FC(F)(F)c1cccc2ncoc12. The minimum Gasteiger partial charge on any atom is -0.443 e. The summed E-state index contributed by atoms with van der Waals surface area (Å²) in [7, 11) is 0. The van der Waals surface area contributed by atoms with Crippen LogP contribution in [0.3, 0.4) is 0 Å².